The molecule has 2 rings (SSSR count). The third-order valence-corrected chi connectivity index (χ3v) is 3.22. The quantitative estimate of drug-likeness (QED) is 0.792. The van der Waals surface area contributed by atoms with Gasteiger partial charge in [-0.1, -0.05) is 29.8 Å². The fourth-order valence-corrected chi connectivity index (χ4v) is 2.03. The summed E-state index contributed by atoms with van der Waals surface area (Å²) in [7, 11) is 0. The summed E-state index contributed by atoms with van der Waals surface area (Å²) in [6.45, 7) is 5.66. The zero-order valence-corrected chi connectivity index (χ0v) is 12.6. The lowest BCUT2D eigenvalue weighted by Gasteiger charge is -2.06. The Bertz CT molecular complexity index is 573. The van der Waals surface area contributed by atoms with E-state index in [1.807, 2.05) is 19.1 Å². The average molecular weight is 283 g/mol. The lowest BCUT2D eigenvalue weighted by atomic mass is 10.1. The minimum Gasteiger partial charge on any atom is -0.494 e. The SMILES string of the molecule is CCOc1ccc(C(=O)CNCc2ccc(C)cc2)cc1. The van der Waals surface area contributed by atoms with Crippen LogP contribution < -0.4 is 10.1 Å². The van der Waals surface area contributed by atoms with E-state index in [1.165, 1.54) is 11.1 Å². The minimum absolute atomic E-state index is 0.0881. The Labute approximate surface area is 126 Å². The topological polar surface area (TPSA) is 38.3 Å². The van der Waals surface area contributed by atoms with Crippen LogP contribution in [-0.4, -0.2) is 18.9 Å². The van der Waals surface area contributed by atoms with E-state index in [0.29, 0.717) is 25.3 Å². The third-order valence-electron chi connectivity index (χ3n) is 3.22. The molecule has 110 valence electrons. The molecule has 0 amide bonds. The fourth-order valence-electron chi connectivity index (χ4n) is 2.03. The van der Waals surface area contributed by atoms with Crippen molar-refractivity contribution in [3.05, 3.63) is 65.2 Å². The molecular weight excluding hydrogens is 262 g/mol. The van der Waals surface area contributed by atoms with Gasteiger partial charge in [-0.25, -0.2) is 0 Å². The van der Waals surface area contributed by atoms with Crippen LogP contribution in [0.5, 0.6) is 5.75 Å². The monoisotopic (exact) mass is 283 g/mol. The summed E-state index contributed by atoms with van der Waals surface area (Å²) in [5.41, 5.74) is 3.12. The first-order valence-electron chi connectivity index (χ1n) is 7.21. The summed E-state index contributed by atoms with van der Waals surface area (Å²) in [5.74, 6) is 0.881. The van der Waals surface area contributed by atoms with Gasteiger partial charge in [-0.15, -0.1) is 0 Å². The molecule has 0 saturated heterocycles. The number of nitrogens with one attached hydrogen (secondary N) is 1. The number of benzene rings is 2. The largest absolute Gasteiger partial charge is 0.494 e. The number of ether oxygens (including phenoxy) is 1. The summed E-state index contributed by atoms with van der Waals surface area (Å²) >= 11 is 0. The van der Waals surface area contributed by atoms with Crippen LogP contribution in [0.1, 0.15) is 28.4 Å². The van der Waals surface area contributed by atoms with Crippen LogP contribution in [0, 0.1) is 6.92 Å². The predicted molar refractivity (Wildman–Crippen MR) is 84.8 cm³/mol. The Morgan fingerprint density at radius 1 is 1.05 bits per heavy atom. The maximum Gasteiger partial charge on any atom is 0.176 e. The Kier molecular flexibility index (Phi) is 5.52. The van der Waals surface area contributed by atoms with Crippen molar-refractivity contribution < 1.29 is 9.53 Å². The molecule has 0 aliphatic carbocycles. The molecule has 0 fully saturated rings. The maximum absolute atomic E-state index is 12.1. The number of ketones is 1. The molecule has 21 heavy (non-hydrogen) atoms. The first-order chi connectivity index (χ1) is 10.2. The molecule has 0 aliphatic heterocycles. The summed E-state index contributed by atoms with van der Waals surface area (Å²) in [4.78, 5) is 12.1. The molecule has 0 unspecified atom stereocenters. The lowest BCUT2D eigenvalue weighted by molar-refractivity contribution is 0.0991. The number of hydrogen-bond donors (Lipinski definition) is 1. The first-order valence-corrected chi connectivity index (χ1v) is 7.21. The fraction of sp³-hybridized carbons (Fsp3) is 0.278. The summed E-state index contributed by atoms with van der Waals surface area (Å²) in [5, 5.41) is 3.18. The van der Waals surface area contributed by atoms with Gasteiger partial charge in [0.05, 0.1) is 13.2 Å². The molecule has 0 spiro atoms. The van der Waals surface area contributed by atoms with Crippen LogP contribution >= 0.6 is 0 Å². The van der Waals surface area contributed by atoms with Crippen molar-refractivity contribution in [3.8, 4) is 5.75 Å². The zero-order valence-electron chi connectivity index (χ0n) is 12.6. The highest BCUT2D eigenvalue weighted by atomic mass is 16.5. The van der Waals surface area contributed by atoms with Crippen molar-refractivity contribution in [2.75, 3.05) is 13.2 Å². The zero-order chi connectivity index (χ0) is 15.1. The van der Waals surface area contributed by atoms with Gasteiger partial charge in [0.25, 0.3) is 0 Å². The molecule has 0 radical (unpaired) electrons. The Morgan fingerprint density at radius 3 is 2.33 bits per heavy atom. The molecule has 0 aliphatic rings. The number of carbonyl (C=O) groups excluding carboxylic acids is 1. The van der Waals surface area contributed by atoms with Crippen LogP contribution in [0.4, 0.5) is 0 Å². The van der Waals surface area contributed by atoms with Crippen LogP contribution in [0.2, 0.25) is 0 Å². The standard InChI is InChI=1S/C18H21NO2/c1-3-21-17-10-8-16(9-11-17)18(20)13-19-12-15-6-4-14(2)5-7-15/h4-11,19H,3,12-13H2,1-2H3. The number of carbonyl (C=O) groups is 1. The molecule has 2 aromatic carbocycles. The van der Waals surface area contributed by atoms with Gasteiger partial charge >= 0.3 is 0 Å². The van der Waals surface area contributed by atoms with Gasteiger partial charge in [-0.3, -0.25) is 4.79 Å². The number of Topliss-reactive ketones (excluding diaryl/α,β-unsaturated/α-hetero) is 1. The normalized spacial score (nSPS) is 10.4. The number of hydrogen-bond acceptors (Lipinski definition) is 3. The average Bonchev–Trinajstić information content (AvgIpc) is 2.50. The van der Waals surface area contributed by atoms with Crippen LogP contribution in [0.25, 0.3) is 0 Å². The van der Waals surface area contributed by atoms with E-state index < -0.39 is 0 Å². The van der Waals surface area contributed by atoms with Crippen molar-refractivity contribution >= 4 is 5.78 Å². The molecule has 0 aromatic heterocycles. The molecule has 0 bridgehead atoms. The van der Waals surface area contributed by atoms with E-state index in [4.69, 9.17) is 4.74 Å². The summed E-state index contributed by atoms with van der Waals surface area (Å²) in [6, 6.07) is 15.6. The molecule has 2 aromatic rings. The van der Waals surface area contributed by atoms with E-state index in [0.717, 1.165) is 5.75 Å². The molecule has 0 saturated carbocycles. The summed E-state index contributed by atoms with van der Waals surface area (Å²) < 4.78 is 5.36. The Balaban J connectivity index is 1.82. The van der Waals surface area contributed by atoms with Gasteiger partial charge in [-0.05, 0) is 43.7 Å². The molecular formula is C18H21NO2. The second kappa shape index (κ2) is 7.60. The number of rotatable bonds is 7. The van der Waals surface area contributed by atoms with Gasteiger partial charge in [0.2, 0.25) is 0 Å². The van der Waals surface area contributed by atoms with Gasteiger partial charge in [0, 0.05) is 12.1 Å². The molecule has 3 heteroatoms. The molecule has 3 nitrogen and oxygen atoms in total. The van der Waals surface area contributed by atoms with Gasteiger partial charge in [0.1, 0.15) is 5.75 Å². The predicted octanol–water partition coefficient (Wildman–Crippen LogP) is 3.37. The van der Waals surface area contributed by atoms with E-state index in [9.17, 15) is 4.79 Å². The van der Waals surface area contributed by atoms with Crippen molar-refractivity contribution in [1.82, 2.24) is 5.32 Å². The Morgan fingerprint density at radius 2 is 1.71 bits per heavy atom. The highest BCUT2D eigenvalue weighted by Gasteiger charge is 2.05. The van der Waals surface area contributed by atoms with Crippen LogP contribution in [-0.2, 0) is 6.54 Å². The van der Waals surface area contributed by atoms with Crippen LogP contribution in [0.3, 0.4) is 0 Å². The second-order valence-corrected chi connectivity index (χ2v) is 4.97. The molecule has 0 heterocycles. The summed E-state index contributed by atoms with van der Waals surface area (Å²) in [6.07, 6.45) is 0. The van der Waals surface area contributed by atoms with Crippen LogP contribution in [0.15, 0.2) is 48.5 Å². The first kappa shape index (κ1) is 15.3. The Hall–Kier alpha value is -2.13. The van der Waals surface area contributed by atoms with Crippen molar-refractivity contribution in [2.24, 2.45) is 0 Å². The molecule has 0 atom stereocenters. The second-order valence-electron chi connectivity index (χ2n) is 4.97. The van der Waals surface area contributed by atoms with Crippen molar-refractivity contribution in [3.63, 3.8) is 0 Å². The maximum atomic E-state index is 12.1. The number of aryl methyl sites for hydroxylation is 1. The minimum atomic E-state index is 0.0881. The van der Waals surface area contributed by atoms with E-state index in [2.05, 4.69) is 36.5 Å². The highest BCUT2D eigenvalue weighted by molar-refractivity contribution is 5.97. The van der Waals surface area contributed by atoms with E-state index in [-0.39, 0.29) is 5.78 Å². The van der Waals surface area contributed by atoms with Gasteiger partial charge < -0.3 is 10.1 Å². The van der Waals surface area contributed by atoms with Crippen molar-refractivity contribution in [2.45, 2.75) is 20.4 Å². The van der Waals surface area contributed by atoms with E-state index >= 15 is 0 Å². The van der Waals surface area contributed by atoms with Crippen molar-refractivity contribution in [1.29, 1.82) is 0 Å². The van der Waals surface area contributed by atoms with Gasteiger partial charge in [0.15, 0.2) is 5.78 Å². The third kappa shape index (κ3) is 4.72. The molecule has 1 N–H and O–H groups in total. The lowest BCUT2D eigenvalue weighted by Crippen LogP contribution is -2.22. The van der Waals surface area contributed by atoms with E-state index in [1.54, 1.807) is 12.1 Å². The smallest absolute Gasteiger partial charge is 0.176 e. The van der Waals surface area contributed by atoms with Gasteiger partial charge in [-0.2, -0.15) is 0 Å². The highest BCUT2D eigenvalue weighted by Crippen LogP contribution is 2.12.